The Kier molecular flexibility index (Phi) is 3.26. The lowest BCUT2D eigenvalue weighted by molar-refractivity contribution is 0.206. The smallest absolute Gasteiger partial charge is 0.0346 e. The Balaban J connectivity index is 1.82. The Morgan fingerprint density at radius 2 is 2.06 bits per heavy atom. The van der Waals surface area contributed by atoms with Gasteiger partial charge in [-0.1, -0.05) is 18.2 Å². The lowest BCUT2D eigenvalue weighted by Gasteiger charge is -2.30. The van der Waals surface area contributed by atoms with Crippen molar-refractivity contribution >= 4 is 10.8 Å². The maximum atomic E-state index is 5.95. The summed E-state index contributed by atoms with van der Waals surface area (Å²) in [6, 6.07) is 8.97. The summed E-state index contributed by atoms with van der Waals surface area (Å²) in [4.78, 5) is 6.68. The Morgan fingerprint density at radius 1 is 1.22 bits per heavy atom. The van der Waals surface area contributed by atoms with Gasteiger partial charge in [0.05, 0.1) is 0 Å². The van der Waals surface area contributed by atoms with Crippen LogP contribution >= 0.6 is 0 Å². The fourth-order valence-electron chi connectivity index (χ4n) is 2.68. The van der Waals surface area contributed by atoms with Crippen molar-refractivity contribution in [3.05, 3.63) is 42.2 Å². The van der Waals surface area contributed by atoms with Gasteiger partial charge in [-0.25, -0.2) is 0 Å². The van der Waals surface area contributed by atoms with Crippen molar-refractivity contribution in [3.63, 3.8) is 0 Å². The molecule has 0 radical (unpaired) electrons. The monoisotopic (exact) mass is 241 g/mol. The number of hydrogen-bond acceptors (Lipinski definition) is 3. The number of benzene rings is 1. The zero-order chi connectivity index (χ0) is 12.4. The fraction of sp³-hybridized carbons (Fsp3) is 0.400. The summed E-state index contributed by atoms with van der Waals surface area (Å²) in [5.74, 6) is 0. The van der Waals surface area contributed by atoms with Crippen LogP contribution in [0.25, 0.3) is 10.8 Å². The second-order valence-electron chi connectivity index (χ2n) is 5.13. The largest absolute Gasteiger partial charge is 0.328 e. The average Bonchev–Trinajstić information content (AvgIpc) is 2.42. The summed E-state index contributed by atoms with van der Waals surface area (Å²) < 4.78 is 0. The van der Waals surface area contributed by atoms with Gasteiger partial charge in [0.1, 0.15) is 0 Å². The summed E-state index contributed by atoms with van der Waals surface area (Å²) in [6.45, 7) is 3.25. The van der Waals surface area contributed by atoms with E-state index in [4.69, 9.17) is 5.73 Å². The standard InChI is InChI=1S/C15H19N3/c16-14-5-8-18(9-6-14)11-13-3-1-2-12-10-17-7-4-15(12)13/h1-4,7,10,14H,5-6,8-9,11,16H2. The second kappa shape index (κ2) is 5.04. The highest BCUT2D eigenvalue weighted by Crippen LogP contribution is 2.20. The third-order valence-corrected chi connectivity index (χ3v) is 3.80. The molecule has 1 aliphatic rings. The first-order valence-corrected chi connectivity index (χ1v) is 6.62. The molecule has 0 spiro atoms. The van der Waals surface area contributed by atoms with E-state index >= 15 is 0 Å². The van der Waals surface area contributed by atoms with Gasteiger partial charge < -0.3 is 5.73 Å². The second-order valence-corrected chi connectivity index (χ2v) is 5.13. The van der Waals surface area contributed by atoms with Crippen molar-refractivity contribution in [3.8, 4) is 0 Å². The van der Waals surface area contributed by atoms with Crippen molar-refractivity contribution < 1.29 is 0 Å². The molecule has 0 aliphatic carbocycles. The van der Waals surface area contributed by atoms with Crippen LogP contribution < -0.4 is 5.73 Å². The zero-order valence-corrected chi connectivity index (χ0v) is 10.5. The highest BCUT2D eigenvalue weighted by atomic mass is 15.1. The van der Waals surface area contributed by atoms with Crippen molar-refractivity contribution in [2.24, 2.45) is 5.73 Å². The van der Waals surface area contributed by atoms with E-state index in [1.54, 1.807) is 0 Å². The van der Waals surface area contributed by atoms with Gasteiger partial charge >= 0.3 is 0 Å². The maximum absolute atomic E-state index is 5.95. The number of nitrogens with zero attached hydrogens (tertiary/aromatic N) is 2. The van der Waals surface area contributed by atoms with Gasteiger partial charge in [-0.2, -0.15) is 0 Å². The van der Waals surface area contributed by atoms with Crippen LogP contribution in [0.5, 0.6) is 0 Å². The summed E-state index contributed by atoms with van der Waals surface area (Å²) in [5, 5.41) is 2.55. The van der Waals surface area contributed by atoms with Gasteiger partial charge in [0.25, 0.3) is 0 Å². The lowest BCUT2D eigenvalue weighted by atomic mass is 10.0. The van der Waals surface area contributed by atoms with E-state index in [0.717, 1.165) is 32.5 Å². The van der Waals surface area contributed by atoms with Crippen molar-refractivity contribution in [2.45, 2.75) is 25.4 Å². The fourth-order valence-corrected chi connectivity index (χ4v) is 2.68. The van der Waals surface area contributed by atoms with Crippen LogP contribution in [0.15, 0.2) is 36.7 Å². The molecule has 18 heavy (non-hydrogen) atoms. The van der Waals surface area contributed by atoms with E-state index in [2.05, 4.69) is 34.1 Å². The molecule has 1 fully saturated rings. The molecule has 3 heteroatoms. The van der Waals surface area contributed by atoms with Crippen LogP contribution in [0.1, 0.15) is 18.4 Å². The van der Waals surface area contributed by atoms with E-state index in [-0.39, 0.29) is 0 Å². The summed E-state index contributed by atoms with van der Waals surface area (Å²) in [6.07, 6.45) is 6.04. The number of piperidine rings is 1. The Bertz CT molecular complexity index is 525. The van der Waals surface area contributed by atoms with Gasteiger partial charge in [0, 0.05) is 30.4 Å². The molecule has 94 valence electrons. The van der Waals surface area contributed by atoms with Crippen LogP contribution in [0, 0.1) is 0 Å². The van der Waals surface area contributed by atoms with Gasteiger partial charge in [-0.3, -0.25) is 9.88 Å². The number of fused-ring (bicyclic) bond motifs is 1. The third kappa shape index (κ3) is 2.37. The minimum Gasteiger partial charge on any atom is -0.328 e. The minimum absolute atomic E-state index is 0.401. The number of pyridine rings is 1. The molecule has 0 saturated carbocycles. The Labute approximate surface area is 108 Å². The number of rotatable bonds is 2. The molecule has 2 heterocycles. The van der Waals surface area contributed by atoms with Crippen LogP contribution in [0.3, 0.4) is 0 Å². The molecule has 1 aromatic carbocycles. The van der Waals surface area contributed by atoms with E-state index in [9.17, 15) is 0 Å². The summed E-state index contributed by atoms with van der Waals surface area (Å²) >= 11 is 0. The number of hydrogen-bond donors (Lipinski definition) is 1. The zero-order valence-electron chi connectivity index (χ0n) is 10.5. The Hall–Kier alpha value is -1.45. The summed E-state index contributed by atoms with van der Waals surface area (Å²) in [5.41, 5.74) is 7.34. The molecule has 0 atom stereocenters. The van der Waals surface area contributed by atoms with Crippen molar-refractivity contribution in [1.82, 2.24) is 9.88 Å². The van der Waals surface area contributed by atoms with E-state index in [1.807, 2.05) is 12.4 Å². The lowest BCUT2D eigenvalue weighted by Crippen LogP contribution is -2.39. The molecule has 1 aromatic heterocycles. The predicted octanol–water partition coefficient (Wildman–Crippen LogP) is 2.16. The predicted molar refractivity (Wildman–Crippen MR) is 74.2 cm³/mol. The molecule has 1 saturated heterocycles. The quantitative estimate of drug-likeness (QED) is 0.876. The highest BCUT2D eigenvalue weighted by Gasteiger charge is 2.16. The number of nitrogens with two attached hydrogens (primary N) is 1. The first-order valence-electron chi connectivity index (χ1n) is 6.62. The molecule has 2 N–H and O–H groups in total. The summed E-state index contributed by atoms with van der Waals surface area (Å²) in [7, 11) is 0. The first-order chi connectivity index (χ1) is 8.83. The van der Waals surface area contributed by atoms with Crippen LogP contribution in [0.4, 0.5) is 0 Å². The molecular formula is C15H19N3. The van der Waals surface area contributed by atoms with E-state index in [1.165, 1.54) is 16.3 Å². The van der Waals surface area contributed by atoms with Gasteiger partial charge in [0.2, 0.25) is 0 Å². The maximum Gasteiger partial charge on any atom is 0.0346 e. The van der Waals surface area contributed by atoms with Crippen LogP contribution in [-0.2, 0) is 6.54 Å². The van der Waals surface area contributed by atoms with Crippen LogP contribution in [0.2, 0.25) is 0 Å². The topological polar surface area (TPSA) is 42.1 Å². The number of likely N-dealkylation sites (tertiary alicyclic amines) is 1. The number of aromatic nitrogens is 1. The SMILES string of the molecule is NC1CCN(Cc2cccc3cnccc23)CC1. The first kappa shape index (κ1) is 11.6. The highest BCUT2D eigenvalue weighted by molar-refractivity contribution is 5.84. The van der Waals surface area contributed by atoms with Crippen molar-refractivity contribution in [2.75, 3.05) is 13.1 Å². The molecular weight excluding hydrogens is 222 g/mol. The van der Waals surface area contributed by atoms with Gasteiger partial charge in [-0.05, 0) is 42.9 Å². The van der Waals surface area contributed by atoms with Crippen LogP contribution in [-0.4, -0.2) is 29.0 Å². The molecule has 0 amide bonds. The average molecular weight is 241 g/mol. The molecule has 3 rings (SSSR count). The Morgan fingerprint density at radius 3 is 2.89 bits per heavy atom. The molecule has 1 aliphatic heterocycles. The molecule has 0 unspecified atom stereocenters. The molecule has 3 nitrogen and oxygen atoms in total. The normalized spacial score (nSPS) is 18.3. The van der Waals surface area contributed by atoms with Gasteiger partial charge in [0.15, 0.2) is 0 Å². The van der Waals surface area contributed by atoms with E-state index in [0.29, 0.717) is 6.04 Å². The molecule has 2 aromatic rings. The van der Waals surface area contributed by atoms with Gasteiger partial charge in [-0.15, -0.1) is 0 Å². The van der Waals surface area contributed by atoms with E-state index < -0.39 is 0 Å². The third-order valence-electron chi connectivity index (χ3n) is 3.80. The van der Waals surface area contributed by atoms with Crippen molar-refractivity contribution in [1.29, 1.82) is 0 Å². The molecule has 0 bridgehead atoms. The minimum atomic E-state index is 0.401.